The van der Waals surface area contributed by atoms with Crippen LogP contribution < -0.4 is 5.32 Å². The van der Waals surface area contributed by atoms with E-state index in [-0.39, 0.29) is 23.4 Å². The Morgan fingerprint density at radius 2 is 1.59 bits per heavy atom. The van der Waals surface area contributed by atoms with Gasteiger partial charge < -0.3 is 15.3 Å². The minimum Gasteiger partial charge on any atom is -0.507 e. The topological polar surface area (TPSA) is 52.6 Å². The van der Waals surface area contributed by atoms with Gasteiger partial charge in [-0.15, -0.1) is 0 Å². The number of para-hydroxylation sites is 1. The van der Waals surface area contributed by atoms with Crippen molar-refractivity contribution >= 4 is 11.7 Å². The minimum absolute atomic E-state index is 0.00406. The van der Waals surface area contributed by atoms with Crippen LogP contribution in [0.1, 0.15) is 11.1 Å². The number of phenolic OH excluding ortho intramolecular Hbond substituents is 1. The first kappa shape index (κ1) is 20.3. The second-order valence-corrected chi connectivity index (χ2v) is 6.55. The zero-order valence-corrected chi connectivity index (χ0v) is 15.6. The van der Waals surface area contributed by atoms with Crippen molar-refractivity contribution in [3.63, 3.8) is 0 Å². The molecule has 3 rings (SSSR count). The molecular weight excluding hydrogens is 381 g/mol. The number of hydrogen-bond donors (Lipinski definition) is 2. The van der Waals surface area contributed by atoms with E-state index in [1.54, 1.807) is 60.7 Å². The van der Waals surface area contributed by atoms with E-state index in [1.807, 2.05) is 0 Å². The molecule has 29 heavy (non-hydrogen) atoms. The molecule has 0 aromatic heterocycles. The lowest BCUT2D eigenvalue weighted by Crippen LogP contribution is -2.31. The number of benzene rings is 3. The molecule has 150 valence electrons. The molecule has 0 saturated carbocycles. The first-order chi connectivity index (χ1) is 13.8. The summed E-state index contributed by atoms with van der Waals surface area (Å²) in [6, 6.07) is 18.3. The van der Waals surface area contributed by atoms with Crippen LogP contribution in [-0.4, -0.2) is 23.1 Å². The molecule has 3 aromatic rings. The summed E-state index contributed by atoms with van der Waals surface area (Å²) < 4.78 is 40.2. The highest BCUT2D eigenvalue weighted by molar-refractivity contribution is 5.89. The lowest BCUT2D eigenvalue weighted by atomic mass is 9.97. The van der Waals surface area contributed by atoms with Crippen molar-refractivity contribution in [2.75, 3.05) is 12.4 Å². The van der Waals surface area contributed by atoms with Gasteiger partial charge in [0.15, 0.2) is 0 Å². The van der Waals surface area contributed by atoms with Crippen molar-refractivity contribution in [2.24, 2.45) is 0 Å². The molecule has 0 aliphatic heterocycles. The Bertz CT molecular complexity index is 990. The number of hydrogen-bond acceptors (Lipinski definition) is 2. The molecular formula is C22H19F3N2O2. The van der Waals surface area contributed by atoms with Crippen molar-refractivity contribution in [2.45, 2.75) is 12.7 Å². The zero-order chi connectivity index (χ0) is 21.0. The zero-order valence-electron chi connectivity index (χ0n) is 15.6. The summed E-state index contributed by atoms with van der Waals surface area (Å²) in [5, 5.41) is 13.3. The standard InChI is InChI=1S/C22H19F3N2O2/c1-27(21(29)26-18-10-6-3-7-11-18)14-16-12-17(22(23,24)25)13-19(20(16)28)15-8-4-2-5-9-15/h2-13,28H,14H2,1H3,(H,26,29). The number of aromatic hydroxyl groups is 1. The molecule has 0 saturated heterocycles. The Labute approximate surface area is 166 Å². The van der Waals surface area contributed by atoms with E-state index in [1.165, 1.54) is 11.9 Å². The number of anilines is 1. The van der Waals surface area contributed by atoms with Crippen molar-refractivity contribution in [3.05, 3.63) is 83.9 Å². The maximum atomic E-state index is 13.4. The van der Waals surface area contributed by atoms with Gasteiger partial charge in [-0.3, -0.25) is 0 Å². The molecule has 0 aliphatic carbocycles. The van der Waals surface area contributed by atoms with Crippen molar-refractivity contribution in [3.8, 4) is 16.9 Å². The van der Waals surface area contributed by atoms with Crippen molar-refractivity contribution in [1.82, 2.24) is 4.90 Å². The first-order valence-corrected chi connectivity index (χ1v) is 8.81. The number of amides is 2. The Morgan fingerprint density at radius 3 is 2.17 bits per heavy atom. The number of alkyl halides is 3. The van der Waals surface area contributed by atoms with Gasteiger partial charge >= 0.3 is 12.2 Å². The molecule has 0 fully saturated rings. The van der Waals surface area contributed by atoms with Gasteiger partial charge in [-0.1, -0.05) is 48.5 Å². The summed E-state index contributed by atoms with van der Waals surface area (Å²) >= 11 is 0. The normalized spacial score (nSPS) is 11.2. The van der Waals surface area contributed by atoms with E-state index >= 15 is 0 Å². The third-order valence-corrected chi connectivity index (χ3v) is 4.38. The van der Waals surface area contributed by atoms with E-state index in [2.05, 4.69) is 5.32 Å². The van der Waals surface area contributed by atoms with Gasteiger partial charge in [0.05, 0.1) is 12.1 Å². The molecule has 0 aliphatic rings. The van der Waals surface area contributed by atoms with Gasteiger partial charge in [-0.25, -0.2) is 4.79 Å². The number of halogens is 3. The van der Waals surface area contributed by atoms with E-state index < -0.39 is 17.8 Å². The molecule has 0 radical (unpaired) electrons. The Kier molecular flexibility index (Phi) is 5.77. The fraction of sp³-hybridized carbons (Fsp3) is 0.136. The van der Waals surface area contributed by atoms with Crippen LogP contribution in [0.2, 0.25) is 0 Å². The summed E-state index contributed by atoms with van der Waals surface area (Å²) in [5.41, 5.74) is 0.189. The Morgan fingerprint density at radius 1 is 1.00 bits per heavy atom. The number of nitrogens with zero attached hydrogens (tertiary/aromatic N) is 1. The molecule has 0 bridgehead atoms. The largest absolute Gasteiger partial charge is 0.507 e. The molecule has 2 amide bonds. The van der Waals surface area contributed by atoms with Crippen molar-refractivity contribution in [1.29, 1.82) is 0 Å². The van der Waals surface area contributed by atoms with E-state index in [0.29, 0.717) is 11.3 Å². The van der Waals surface area contributed by atoms with E-state index in [4.69, 9.17) is 0 Å². The van der Waals surface area contributed by atoms with Gasteiger partial charge in [0.2, 0.25) is 0 Å². The monoisotopic (exact) mass is 400 g/mol. The predicted octanol–water partition coefficient (Wildman–Crippen LogP) is 5.74. The molecule has 0 heterocycles. The van der Waals surface area contributed by atoms with Crippen LogP contribution in [0.3, 0.4) is 0 Å². The first-order valence-electron chi connectivity index (χ1n) is 8.81. The van der Waals surface area contributed by atoms with Crippen LogP contribution >= 0.6 is 0 Å². The summed E-state index contributed by atoms with van der Waals surface area (Å²) in [6.45, 7) is -0.200. The number of nitrogens with one attached hydrogen (secondary N) is 1. The maximum absolute atomic E-state index is 13.4. The average molecular weight is 400 g/mol. The third-order valence-electron chi connectivity index (χ3n) is 4.38. The lowest BCUT2D eigenvalue weighted by Gasteiger charge is -2.21. The van der Waals surface area contributed by atoms with Crippen LogP contribution in [0.15, 0.2) is 72.8 Å². The summed E-state index contributed by atoms with van der Waals surface area (Å²) in [6.07, 6.45) is -4.59. The molecule has 0 unspecified atom stereocenters. The fourth-order valence-corrected chi connectivity index (χ4v) is 2.88. The Balaban J connectivity index is 1.92. The molecule has 0 atom stereocenters. The molecule has 4 nitrogen and oxygen atoms in total. The number of urea groups is 1. The predicted molar refractivity (Wildman–Crippen MR) is 105 cm³/mol. The van der Waals surface area contributed by atoms with Crippen LogP contribution in [0.25, 0.3) is 11.1 Å². The van der Waals surface area contributed by atoms with Crippen LogP contribution in [-0.2, 0) is 12.7 Å². The van der Waals surface area contributed by atoms with Gasteiger partial charge in [0.25, 0.3) is 0 Å². The second kappa shape index (κ2) is 8.26. The quantitative estimate of drug-likeness (QED) is 0.587. The average Bonchev–Trinajstić information content (AvgIpc) is 2.70. The van der Waals surface area contributed by atoms with Gasteiger partial charge in [0, 0.05) is 23.9 Å². The van der Waals surface area contributed by atoms with Crippen LogP contribution in [0, 0.1) is 0 Å². The van der Waals surface area contributed by atoms with E-state index in [0.717, 1.165) is 12.1 Å². The third kappa shape index (κ3) is 4.87. The molecule has 3 aromatic carbocycles. The smallest absolute Gasteiger partial charge is 0.416 e. The highest BCUT2D eigenvalue weighted by atomic mass is 19.4. The number of carbonyl (C=O) groups excluding carboxylic acids is 1. The van der Waals surface area contributed by atoms with Gasteiger partial charge in [0.1, 0.15) is 5.75 Å². The summed E-state index contributed by atoms with van der Waals surface area (Å²) in [5.74, 6) is -0.288. The Hall–Kier alpha value is -3.48. The highest BCUT2D eigenvalue weighted by Gasteiger charge is 2.32. The maximum Gasteiger partial charge on any atom is 0.416 e. The van der Waals surface area contributed by atoms with Gasteiger partial charge in [-0.2, -0.15) is 13.2 Å². The molecule has 0 spiro atoms. The number of phenols is 1. The van der Waals surface area contributed by atoms with E-state index in [9.17, 15) is 23.1 Å². The number of carbonyl (C=O) groups is 1. The lowest BCUT2D eigenvalue weighted by molar-refractivity contribution is -0.137. The minimum atomic E-state index is -4.59. The SMILES string of the molecule is CN(Cc1cc(C(F)(F)F)cc(-c2ccccc2)c1O)C(=O)Nc1ccccc1. The second-order valence-electron chi connectivity index (χ2n) is 6.55. The number of rotatable bonds is 4. The van der Waals surface area contributed by atoms with Crippen molar-refractivity contribution < 1.29 is 23.1 Å². The van der Waals surface area contributed by atoms with Gasteiger partial charge in [-0.05, 0) is 29.8 Å². The van der Waals surface area contributed by atoms with Crippen LogP contribution in [0.4, 0.5) is 23.7 Å². The summed E-state index contributed by atoms with van der Waals surface area (Å²) in [7, 11) is 1.44. The molecule has 2 N–H and O–H groups in total. The molecule has 7 heteroatoms. The highest BCUT2D eigenvalue weighted by Crippen LogP contribution is 2.39. The van der Waals surface area contributed by atoms with Crippen LogP contribution in [0.5, 0.6) is 5.75 Å². The summed E-state index contributed by atoms with van der Waals surface area (Å²) in [4.78, 5) is 13.6. The fourth-order valence-electron chi connectivity index (χ4n) is 2.88.